The molecule has 0 radical (unpaired) electrons. The zero-order chi connectivity index (χ0) is 47.0. The van der Waals surface area contributed by atoms with Gasteiger partial charge in [0.15, 0.2) is 0 Å². The van der Waals surface area contributed by atoms with Crippen molar-refractivity contribution >= 4 is 33.3 Å². The van der Waals surface area contributed by atoms with Crippen molar-refractivity contribution in [1.29, 1.82) is 0 Å². The Morgan fingerprint density at radius 3 is 2.18 bits per heavy atom. The Balaban J connectivity index is 1.00. The minimum atomic E-state index is -3.69. The Labute approximate surface area is 395 Å². The molecule has 4 aliphatic rings. The van der Waals surface area contributed by atoms with Crippen LogP contribution in [-0.4, -0.2) is 77.2 Å². The van der Waals surface area contributed by atoms with E-state index >= 15 is 4.39 Å². The third kappa shape index (κ3) is 10.3. The lowest BCUT2D eigenvalue weighted by Gasteiger charge is -2.48. The van der Waals surface area contributed by atoms with E-state index in [1.807, 2.05) is 94.4 Å². The van der Waals surface area contributed by atoms with Gasteiger partial charge in [-0.2, -0.15) is 4.31 Å². The van der Waals surface area contributed by atoms with Gasteiger partial charge in [0.05, 0.1) is 49.0 Å². The Morgan fingerprint density at radius 2 is 1.61 bits per heavy atom. The fraction of sp³-hybridized carbons (Fsp3) is 0.491. The normalized spacial score (nSPS) is 22.4. The van der Waals surface area contributed by atoms with Crippen molar-refractivity contribution in [2.24, 2.45) is 23.7 Å². The molecule has 1 spiro atoms. The lowest BCUT2D eigenvalue weighted by atomic mass is 9.64. The SMILES string of the molecule is COc1ccc(CN(Cc2ccc(OC)cc2)S(=O)(=O)C[C@@H](C)C2C=C([C@H](OC)[C@@H]3CC[C@H]3CN3C[C@@]4(CCCc5c4ccc(Cl)c5F)COc4ccc(C(=O)OC(C)(C)C)cc43)C2)cc1. The van der Waals surface area contributed by atoms with Crippen LogP contribution in [0.15, 0.2) is 90.5 Å². The number of halogens is 2. The molecular formula is C53H64ClFN2O8S. The predicted molar refractivity (Wildman–Crippen MR) is 257 cm³/mol. The van der Waals surface area contributed by atoms with Crippen LogP contribution in [0.2, 0.25) is 5.02 Å². The summed E-state index contributed by atoms with van der Waals surface area (Å²) >= 11 is 6.32. The average molecular weight is 944 g/mol. The topological polar surface area (TPSA) is 104 Å². The van der Waals surface area contributed by atoms with E-state index in [0.717, 1.165) is 54.5 Å². The number of allylic oxidation sites excluding steroid dienone is 1. The molecule has 1 heterocycles. The van der Waals surface area contributed by atoms with E-state index in [2.05, 4.69) is 11.0 Å². The van der Waals surface area contributed by atoms with Gasteiger partial charge in [-0.1, -0.05) is 54.9 Å². The molecule has 13 heteroatoms. The molecule has 66 heavy (non-hydrogen) atoms. The number of fused-ring (bicyclic) bond motifs is 3. The molecular weight excluding hydrogens is 879 g/mol. The lowest BCUT2D eigenvalue weighted by molar-refractivity contribution is -0.000294. The molecule has 0 N–H and O–H groups in total. The quantitative estimate of drug-likeness (QED) is 0.0802. The summed E-state index contributed by atoms with van der Waals surface area (Å²) in [6.07, 6.45) is 7.14. The molecule has 0 aromatic heterocycles. The van der Waals surface area contributed by atoms with Crippen molar-refractivity contribution in [2.45, 2.75) is 96.4 Å². The van der Waals surface area contributed by atoms with Crippen LogP contribution in [0.5, 0.6) is 17.2 Å². The average Bonchev–Trinajstić information content (AvgIpc) is 3.41. The zero-order valence-electron chi connectivity index (χ0n) is 39.3. The molecule has 8 rings (SSSR count). The zero-order valence-corrected chi connectivity index (χ0v) is 40.9. The Kier molecular flexibility index (Phi) is 14.2. The number of carbonyl (C=O) groups is 1. The molecule has 0 saturated heterocycles. The van der Waals surface area contributed by atoms with Crippen LogP contribution in [0.25, 0.3) is 0 Å². The van der Waals surface area contributed by atoms with E-state index in [9.17, 15) is 13.2 Å². The summed E-state index contributed by atoms with van der Waals surface area (Å²) in [6, 6.07) is 24.2. The molecule has 1 aliphatic heterocycles. The summed E-state index contributed by atoms with van der Waals surface area (Å²) in [5.74, 6) is 1.83. The van der Waals surface area contributed by atoms with Crippen molar-refractivity contribution in [1.82, 2.24) is 4.31 Å². The summed E-state index contributed by atoms with van der Waals surface area (Å²) in [7, 11) is 1.30. The van der Waals surface area contributed by atoms with Crippen LogP contribution in [0.4, 0.5) is 10.1 Å². The summed E-state index contributed by atoms with van der Waals surface area (Å²) in [4.78, 5) is 15.8. The predicted octanol–water partition coefficient (Wildman–Crippen LogP) is 10.6. The summed E-state index contributed by atoms with van der Waals surface area (Å²) < 4.78 is 75.3. The fourth-order valence-corrected chi connectivity index (χ4v) is 12.5. The maximum Gasteiger partial charge on any atom is 0.338 e. The number of esters is 1. The molecule has 1 unspecified atom stereocenters. The maximum absolute atomic E-state index is 15.6. The highest BCUT2D eigenvalue weighted by Gasteiger charge is 2.47. The standard InChI is InChI=1S/C53H64ClFN2O8S/c1-34(31-66(59,60)57(28-35-10-16-41(61-5)17-11-35)29-36-12-18-42(62-6)19-13-36)39-25-40(26-39)50(63-7)43-20-14-38(43)30-56-32-53(24-8-9-44-45(53)21-22-46(54)49(44)55)33-64-48-23-15-37(27-47(48)56)51(58)65-52(2,3)4/h10-13,15-19,21-23,25,27,34,38-39,43,50H,8-9,14,20,24,26,28-33H2,1-7H3/t34-,38+,39?,43-,50+,53+/m1/s1. The summed E-state index contributed by atoms with van der Waals surface area (Å²) in [5.41, 5.74) is 4.68. The van der Waals surface area contributed by atoms with E-state index in [0.29, 0.717) is 54.5 Å². The molecule has 0 amide bonds. The third-order valence-corrected chi connectivity index (χ3v) is 16.5. The number of hydrogen-bond acceptors (Lipinski definition) is 9. The van der Waals surface area contributed by atoms with Gasteiger partial charge in [0, 0.05) is 38.7 Å². The molecule has 4 aromatic carbocycles. The fourth-order valence-electron chi connectivity index (χ4n) is 10.5. The van der Waals surface area contributed by atoms with Crippen molar-refractivity contribution in [2.75, 3.05) is 51.7 Å². The molecule has 4 aromatic rings. The van der Waals surface area contributed by atoms with Crippen LogP contribution in [0.1, 0.15) is 92.4 Å². The van der Waals surface area contributed by atoms with Crippen molar-refractivity contribution < 1.29 is 41.3 Å². The molecule has 6 atom stereocenters. The first-order chi connectivity index (χ1) is 31.5. The van der Waals surface area contributed by atoms with Crippen LogP contribution in [0, 0.1) is 29.5 Å². The van der Waals surface area contributed by atoms with Gasteiger partial charge in [-0.3, -0.25) is 0 Å². The van der Waals surface area contributed by atoms with Crippen molar-refractivity contribution in [3.8, 4) is 17.2 Å². The monoisotopic (exact) mass is 942 g/mol. The largest absolute Gasteiger partial charge is 0.497 e. The highest BCUT2D eigenvalue weighted by atomic mass is 35.5. The van der Waals surface area contributed by atoms with Gasteiger partial charge in [-0.15, -0.1) is 0 Å². The molecule has 1 fully saturated rings. The van der Waals surface area contributed by atoms with Gasteiger partial charge in [0.25, 0.3) is 0 Å². The Bertz CT molecular complexity index is 2480. The number of benzene rings is 4. The maximum atomic E-state index is 15.6. The van der Waals surface area contributed by atoms with Crippen molar-refractivity contribution in [3.63, 3.8) is 0 Å². The second-order valence-corrected chi connectivity index (χ2v) is 22.3. The van der Waals surface area contributed by atoms with Crippen LogP contribution in [0.3, 0.4) is 0 Å². The van der Waals surface area contributed by atoms with Crippen LogP contribution >= 0.6 is 11.6 Å². The molecule has 0 bridgehead atoms. The van der Waals surface area contributed by atoms with E-state index in [-0.39, 0.29) is 59.5 Å². The number of hydrogen-bond donors (Lipinski definition) is 0. The van der Waals surface area contributed by atoms with E-state index in [1.165, 1.54) is 5.57 Å². The number of carbonyl (C=O) groups excluding carboxylic acids is 1. The first kappa shape index (κ1) is 47.9. The second-order valence-electron chi connectivity index (χ2n) is 19.9. The minimum absolute atomic E-state index is 0.0141. The third-order valence-electron chi connectivity index (χ3n) is 14.3. The first-order valence-electron chi connectivity index (χ1n) is 23.2. The highest BCUT2D eigenvalue weighted by molar-refractivity contribution is 7.89. The highest BCUT2D eigenvalue weighted by Crippen LogP contribution is 2.49. The van der Waals surface area contributed by atoms with Gasteiger partial charge >= 0.3 is 5.97 Å². The van der Waals surface area contributed by atoms with E-state index < -0.39 is 27.0 Å². The first-order valence-corrected chi connectivity index (χ1v) is 25.2. The van der Waals surface area contributed by atoms with Crippen LogP contribution in [-0.2, 0) is 44.4 Å². The van der Waals surface area contributed by atoms with Crippen molar-refractivity contribution in [3.05, 3.63) is 129 Å². The van der Waals surface area contributed by atoms with Gasteiger partial charge < -0.3 is 28.6 Å². The molecule has 1 saturated carbocycles. The smallest absolute Gasteiger partial charge is 0.338 e. The van der Waals surface area contributed by atoms with E-state index in [1.54, 1.807) is 37.8 Å². The number of methoxy groups -OCH3 is 3. The van der Waals surface area contributed by atoms with Gasteiger partial charge in [-0.05, 0) is 159 Å². The lowest BCUT2D eigenvalue weighted by Crippen LogP contribution is -2.50. The Hall–Kier alpha value is -4.62. The molecule has 10 nitrogen and oxygen atoms in total. The number of nitrogens with zero attached hydrogens (tertiary/aromatic N) is 2. The minimum Gasteiger partial charge on any atom is -0.497 e. The molecule has 3 aliphatic carbocycles. The van der Waals surface area contributed by atoms with E-state index in [4.69, 9.17) is 35.3 Å². The Morgan fingerprint density at radius 1 is 0.955 bits per heavy atom. The summed E-state index contributed by atoms with van der Waals surface area (Å²) in [5, 5.41) is 0.130. The summed E-state index contributed by atoms with van der Waals surface area (Å²) in [6.45, 7) is 9.71. The van der Waals surface area contributed by atoms with Gasteiger partial charge in [0.2, 0.25) is 10.0 Å². The number of sulfonamides is 1. The number of ether oxygens (including phenoxy) is 5. The number of anilines is 1. The molecule has 354 valence electrons. The second kappa shape index (κ2) is 19.5. The number of rotatable bonds is 16. The van der Waals surface area contributed by atoms with Crippen LogP contribution < -0.4 is 19.1 Å². The van der Waals surface area contributed by atoms with Gasteiger partial charge in [0.1, 0.15) is 28.7 Å². The van der Waals surface area contributed by atoms with Gasteiger partial charge in [-0.25, -0.2) is 17.6 Å².